The SMILES string of the molecule is CCOC(=O)CCNC(=O)c1ccc(Cn2nc(-c3cc(Cl)cc(I)c3)cc2-c2cccc(-c3ccc(C#N)cc3)c2)cc1. The number of carbonyl (C=O) groups is 2. The van der Waals surface area contributed by atoms with Crippen LogP contribution in [0.2, 0.25) is 5.02 Å². The van der Waals surface area contributed by atoms with Crippen molar-refractivity contribution >= 4 is 46.1 Å². The van der Waals surface area contributed by atoms with Gasteiger partial charge in [0.15, 0.2) is 0 Å². The fourth-order valence-electron chi connectivity index (χ4n) is 4.76. The molecule has 0 bridgehead atoms. The van der Waals surface area contributed by atoms with Gasteiger partial charge in [-0.2, -0.15) is 10.4 Å². The minimum Gasteiger partial charge on any atom is -0.466 e. The van der Waals surface area contributed by atoms with E-state index in [1.165, 1.54) is 0 Å². The summed E-state index contributed by atoms with van der Waals surface area (Å²) in [6.07, 6.45) is 0.125. The summed E-state index contributed by atoms with van der Waals surface area (Å²) in [4.78, 5) is 24.1. The van der Waals surface area contributed by atoms with Gasteiger partial charge >= 0.3 is 5.97 Å². The Hall–Kier alpha value is -4.46. The number of hydrogen-bond acceptors (Lipinski definition) is 5. The number of hydrogen-bond donors (Lipinski definition) is 1. The molecule has 220 valence electrons. The Morgan fingerprint density at radius 1 is 0.932 bits per heavy atom. The highest BCUT2D eigenvalue weighted by Gasteiger charge is 2.15. The normalized spacial score (nSPS) is 10.7. The maximum absolute atomic E-state index is 12.6. The topological polar surface area (TPSA) is 97.0 Å². The number of esters is 1. The van der Waals surface area contributed by atoms with Gasteiger partial charge in [0.05, 0.1) is 42.6 Å². The van der Waals surface area contributed by atoms with E-state index in [0.29, 0.717) is 29.3 Å². The van der Waals surface area contributed by atoms with Crippen LogP contribution in [0.3, 0.4) is 0 Å². The summed E-state index contributed by atoms with van der Waals surface area (Å²) in [6, 6.07) is 33.2. The zero-order valence-electron chi connectivity index (χ0n) is 23.9. The molecular weight excluding hydrogens is 687 g/mol. The summed E-state index contributed by atoms with van der Waals surface area (Å²) < 4.78 is 7.87. The molecule has 0 aliphatic rings. The Morgan fingerprint density at radius 3 is 2.39 bits per heavy atom. The first-order chi connectivity index (χ1) is 21.3. The number of rotatable bonds is 10. The molecule has 0 radical (unpaired) electrons. The summed E-state index contributed by atoms with van der Waals surface area (Å²) in [5, 5.41) is 17.6. The molecule has 0 fully saturated rings. The summed E-state index contributed by atoms with van der Waals surface area (Å²) in [5.74, 6) is -0.592. The van der Waals surface area contributed by atoms with Crippen LogP contribution in [0.5, 0.6) is 0 Å². The van der Waals surface area contributed by atoms with Gasteiger partial charge in [0.2, 0.25) is 0 Å². The van der Waals surface area contributed by atoms with Crippen LogP contribution in [0.1, 0.15) is 34.8 Å². The number of nitrogens with one attached hydrogen (secondary N) is 1. The molecule has 9 heteroatoms. The van der Waals surface area contributed by atoms with Gasteiger partial charge in [-0.15, -0.1) is 0 Å². The van der Waals surface area contributed by atoms with E-state index in [-0.39, 0.29) is 24.8 Å². The second kappa shape index (κ2) is 14.3. The molecule has 0 unspecified atom stereocenters. The van der Waals surface area contributed by atoms with Gasteiger partial charge < -0.3 is 10.1 Å². The quantitative estimate of drug-likeness (QED) is 0.118. The largest absolute Gasteiger partial charge is 0.466 e. The first kappa shape index (κ1) is 31.0. The van der Waals surface area contributed by atoms with Gasteiger partial charge in [-0.05, 0) is 101 Å². The minimum absolute atomic E-state index is 0.125. The van der Waals surface area contributed by atoms with E-state index in [2.05, 4.69) is 52.2 Å². The van der Waals surface area contributed by atoms with E-state index in [4.69, 9.17) is 21.4 Å². The first-order valence-corrected chi connectivity index (χ1v) is 15.5. The van der Waals surface area contributed by atoms with E-state index >= 15 is 0 Å². The van der Waals surface area contributed by atoms with E-state index in [1.54, 1.807) is 19.1 Å². The van der Waals surface area contributed by atoms with Crippen LogP contribution < -0.4 is 5.32 Å². The average molecular weight is 715 g/mol. The third kappa shape index (κ3) is 7.73. The lowest BCUT2D eigenvalue weighted by Gasteiger charge is -2.11. The Labute approximate surface area is 274 Å². The molecule has 7 nitrogen and oxygen atoms in total. The highest BCUT2D eigenvalue weighted by atomic mass is 127. The van der Waals surface area contributed by atoms with E-state index in [9.17, 15) is 14.9 Å². The number of ether oxygens (including phenoxy) is 1. The van der Waals surface area contributed by atoms with Crippen LogP contribution in [0.4, 0.5) is 0 Å². The fourth-order valence-corrected chi connectivity index (χ4v) is 5.85. The molecular formula is C35H28ClIN4O3. The van der Waals surface area contributed by atoms with Crippen molar-refractivity contribution in [2.45, 2.75) is 19.9 Å². The van der Waals surface area contributed by atoms with Crippen LogP contribution in [-0.2, 0) is 16.1 Å². The van der Waals surface area contributed by atoms with Crippen molar-refractivity contribution in [3.05, 3.63) is 122 Å². The second-order valence-electron chi connectivity index (χ2n) is 10.0. The van der Waals surface area contributed by atoms with Gasteiger partial charge in [0.1, 0.15) is 0 Å². The van der Waals surface area contributed by atoms with Crippen molar-refractivity contribution in [1.29, 1.82) is 5.26 Å². The van der Waals surface area contributed by atoms with Gasteiger partial charge in [-0.1, -0.05) is 54.1 Å². The van der Waals surface area contributed by atoms with Crippen molar-refractivity contribution in [2.24, 2.45) is 0 Å². The van der Waals surface area contributed by atoms with Gasteiger partial charge in [-0.25, -0.2) is 0 Å². The average Bonchev–Trinajstić information content (AvgIpc) is 3.45. The second-order valence-corrected chi connectivity index (χ2v) is 11.7. The minimum atomic E-state index is -0.340. The smallest absolute Gasteiger partial charge is 0.307 e. The van der Waals surface area contributed by atoms with Crippen LogP contribution in [0, 0.1) is 14.9 Å². The van der Waals surface area contributed by atoms with Crippen molar-refractivity contribution < 1.29 is 14.3 Å². The van der Waals surface area contributed by atoms with Crippen molar-refractivity contribution in [1.82, 2.24) is 15.1 Å². The molecule has 5 rings (SSSR count). The molecule has 0 aliphatic heterocycles. The highest BCUT2D eigenvalue weighted by molar-refractivity contribution is 14.1. The molecule has 0 saturated carbocycles. The Bertz CT molecular complexity index is 1820. The fraction of sp³-hybridized carbons (Fsp3) is 0.143. The van der Waals surface area contributed by atoms with Crippen LogP contribution in [-0.4, -0.2) is 34.8 Å². The molecule has 1 heterocycles. The molecule has 0 aliphatic carbocycles. The first-order valence-electron chi connectivity index (χ1n) is 14.0. The summed E-state index contributed by atoms with van der Waals surface area (Å²) in [5.41, 5.74) is 7.74. The molecule has 1 aromatic heterocycles. The molecule has 1 amide bonds. The summed E-state index contributed by atoms with van der Waals surface area (Å²) >= 11 is 8.64. The third-order valence-corrected chi connectivity index (χ3v) is 7.75. The van der Waals surface area contributed by atoms with Crippen LogP contribution in [0.25, 0.3) is 33.6 Å². The number of nitrogens with zero attached hydrogens (tertiary/aromatic N) is 3. The van der Waals surface area contributed by atoms with E-state index in [0.717, 1.165) is 42.8 Å². The number of halogens is 2. The molecule has 0 atom stereocenters. The van der Waals surface area contributed by atoms with Crippen molar-refractivity contribution in [2.75, 3.05) is 13.2 Å². The lowest BCUT2D eigenvalue weighted by molar-refractivity contribution is -0.142. The lowest BCUT2D eigenvalue weighted by Crippen LogP contribution is -2.26. The molecule has 0 spiro atoms. The maximum Gasteiger partial charge on any atom is 0.307 e. The number of benzene rings is 4. The predicted octanol–water partition coefficient (Wildman–Crippen LogP) is 7.75. The van der Waals surface area contributed by atoms with Crippen molar-refractivity contribution in [3.8, 4) is 39.7 Å². The lowest BCUT2D eigenvalue weighted by atomic mass is 10.0. The van der Waals surface area contributed by atoms with Gasteiger partial charge in [-0.3, -0.25) is 14.3 Å². The molecule has 1 N–H and O–H groups in total. The van der Waals surface area contributed by atoms with Crippen LogP contribution in [0.15, 0.2) is 97.1 Å². The predicted molar refractivity (Wildman–Crippen MR) is 180 cm³/mol. The third-order valence-electron chi connectivity index (χ3n) is 6.91. The van der Waals surface area contributed by atoms with Gasteiger partial charge in [0.25, 0.3) is 5.91 Å². The van der Waals surface area contributed by atoms with Gasteiger partial charge in [0, 0.05) is 31.8 Å². The number of carbonyl (C=O) groups excluding carboxylic acids is 2. The highest BCUT2D eigenvalue weighted by Crippen LogP contribution is 2.32. The molecule has 44 heavy (non-hydrogen) atoms. The standard InChI is InChI=1S/C35H28ClIN4O3/c1-2-44-34(42)14-15-39-35(43)26-12-8-24(9-13-26)22-41-33(20-32(40-41)29-17-30(36)19-31(37)18-29)28-5-3-4-27(16-28)25-10-6-23(21-38)7-11-25/h3-13,16-20H,2,14-15,22H2,1H3,(H,39,43). The number of aromatic nitrogens is 2. The number of nitriles is 1. The maximum atomic E-state index is 12.6. The van der Waals surface area contributed by atoms with E-state index < -0.39 is 0 Å². The monoisotopic (exact) mass is 714 g/mol. The molecule has 5 aromatic rings. The number of amides is 1. The summed E-state index contributed by atoms with van der Waals surface area (Å²) in [7, 11) is 0. The zero-order chi connectivity index (χ0) is 31.1. The Balaban J connectivity index is 1.43. The zero-order valence-corrected chi connectivity index (χ0v) is 26.8. The van der Waals surface area contributed by atoms with Crippen molar-refractivity contribution in [3.63, 3.8) is 0 Å². The molecule has 4 aromatic carbocycles. The van der Waals surface area contributed by atoms with Crippen LogP contribution >= 0.6 is 34.2 Å². The molecule has 0 saturated heterocycles. The summed E-state index contributed by atoms with van der Waals surface area (Å²) in [6.45, 7) is 2.74. The van der Waals surface area contributed by atoms with E-state index in [1.807, 2.05) is 71.4 Å². The Morgan fingerprint density at radius 2 is 1.68 bits per heavy atom. The Kier molecular flexibility index (Phi) is 10.1.